The molecule has 0 aromatic carbocycles. The molecule has 7 nitrogen and oxygen atoms in total. The average Bonchev–Trinajstić information content (AvgIpc) is 3.39. The van der Waals surface area contributed by atoms with Crippen LogP contribution in [-0.2, 0) is 0 Å². The topological polar surface area (TPSA) is 91.0 Å². The Hall–Kier alpha value is -2.74. The largest absolute Gasteiger partial charge is 0.351 e. The number of thiazole rings is 1. The summed E-state index contributed by atoms with van der Waals surface area (Å²) in [5, 5.41) is 6.72. The van der Waals surface area contributed by atoms with Crippen molar-refractivity contribution in [1.29, 1.82) is 0 Å². The van der Waals surface area contributed by atoms with Gasteiger partial charge in [0.25, 0.3) is 11.8 Å². The number of nitrogens with one attached hydrogen (secondary N) is 2. The molecule has 1 aliphatic rings. The Balaban J connectivity index is 1.13. The van der Waals surface area contributed by atoms with E-state index in [0.29, 0.717) is 23.9 Å². The van der Waals surface area contributed by atoms with Gasteiger partial charge in [-0.3, -0.25) is 14.6 Å². The van der Waals surface area contributed by atoms with Gasteiger partial charge in [-0.25, -0.2) is 4.98 Å². The highest BCUT2D eigenvalue weighted by Gasteiger charge is 2.24. The van der Waals surface area contributed by atoms with E-state index in [1.54, 1.807) is 12.4 Å². The van der Waals surface area contributed by atoms with Crippen molar-refractivity contribution in [2.24, 2.45) is 5.92 Å². The summed E-state index contributed by atoms with van der Waals surface area (Å²) in [6.45, 7) is 4.22. The van der Waals surface area contributed by atoms with E-state index in [1.165, 1.54) is 11.3 Å². The highest BCUT2D eigenvalue weighted by molar-refractivity contribution is 7.09. The van der Waals surface area contributed by atoms with Gasteiger partial charge in [-0.15, -0.1) is 11.3 Å². The van der Waals surface area contributed by atoms with Crippen molar-refractivity contribution in [2.45, 2.75) is 39.0 Å². The Morgan fingerprint density at radius 3 is 2.87 bits per heavy atom. The summed E-state index contributed by atoms with van der Waals surface area (Å²) < 4.78 is 0. The first-order valence-electron chi connectivity index (χ1n) is 10.5. The Morgan fingerprint density at radius 2 is 2.13 bits per heavy atom. The van der Waals surface area contributed by atoms with Gasteiger partial charge in [0.15, 0.2) is 0 Å². The fourth-order valence-corrected chi connectivity index (χ4v) is 4.58. The summed E-state index contributed by atoms with van der Waals surface area (Å²) in [4.78, 5) is 38.2. The van der Waals surface area contributed by atoms with Crippen LogP contribution in [0.1, 0.15) is 58.1 Å². The first-order chi connectivity index (χ1) is 14.6. The number of H-pyrrole nitrogens is 1. The number of likely N-dealkylation sites (tertiary alicyclic amines) is 1. The van der Waals surface area contributed by atoms with Crippen LogP contribution in [0.25, 0.3) is 10.9 Å². The van der Waals surface area contributed by atoms with Crippen molar-refractivity contribution in [2.75, 3.05) is 19.6 Å². The Bertz CT molecular complexity index is 986. The summed E-state index contributed by atoms with van der Waals surface area (Å²) in [5.41, 5.74) is 2.08. The van der Waals surface area contributed by atoms with Crippen LogP contribution in [0.4, 0.5) is 0 Å². The Kier molecular flexibility index (Phi) is 6.42. The molecule has 0 unspecified atom stereocenters. The number of nitrogens with zero attached hydrogens (tertiary/aromatic N) is 3. The molecule has 3 aromatic rings. The molecule has 8 heteroatoms. The van der Waals surface area contributed by atoms with Crippen LogP contribution in [0.5, 0.6) is 0 Å². The maximum Gasteiger partial charge on any atom is 0.273 e. The number of fused-ring (bicyclic) bond motifs is 1. The maximum absolute atomic E-state index is 12.5. The van der Waals surface area contributed by atoms with Crippen molar-refractivity contribution < 1.29 is 9.59 Å². The smallest absolute Gasteiger partial charge is 0.273 e. The standard InChI is InChI=1S/C22H27N5O2S/c1-15-25-20(14-30-15)22(29)27-10-6-16(7-11-27)4-2-3-8-24-21(28)19-12-17-13-23-9-5-18(17)26-19/h5,9,12-14,16,26H,2-4,6-8,10-11H2,1H3,(H,24,28). The van der Waals surface area contributed by atoms with Gasteiger partial charge in [0.05, 0.1) is 5.01 Å². The number of unbranched alkanes of at least 4 members (excludes halogenated alkanes) is 1. The van der Waals surface area contributed by atoms with Crippen LogP contribution in [0.2, 0.25) is 0 Å². The predicted molar refractivity (Wildman–Crippen MR) is 118 cm³/mol. The van der Waals surface area contributed by atoms with Gasteiger partial charge in [-0.2, -0.15) is 0 Å². The molecule has 0 radical (unpaired) electrons. The van der Waals surface area contributed by atoms with Gasteiger partial charge < -0.3 is 15.2 Å². The minimum absolute atomic E-state index is 0.0632. The molecule has 3 aromatic heterocycles. The van der Waals surface area contributed by atoms with E-state index in [4.69, 9.17) is 0 Å². The second-order valence-corrected chi connectivity index (χ2v) is 8.95. The minimum atomic E-state index is -0.0738. The number of piperidine rings is 1. The molecular weight excluding hydrogens is 398 g/mol. The third-order valence-electron chi connectivity index (χ3n) is 5.73. The zero-order valence-electron chi connectivity index (χ0n) is 17.2. The normalized spacial score (nSPS) is 14.9. The van der Waals surface area contributed by atoms with E-state index in [2.05, 4.69) is 20.3 Å². The monoisotopic (exact) mass is 425 g/mol. The average molecular weight is 426 g/mol. The molecule has 4 rings (SSSR count). The number of aromatic amines is 1. The van der Waals surface area contributed by atoms with Crippen LogP contribution in [0.15, 0.2) is 29.9 Å². The molecule has 30 heavy (non-hydrogen) atoms. The summed E-state index contributed by atoms with van der Waals surface area (Å²) in [5.74, 6) is 0.645. The predicted octanol–water partition coefficient (Wildman–Crippen LogP) is 3.78. The highest BCUT2D eigenvalue weighted by Crippen LogP contribution is 2.24. The van der Waals surface area contributed by atoms with Gasteiger partial charge in [-0.1, -0.05) is 12.8 Å². The number of carbonyl (C=O) groups excluding carboxylic acids is 2. The quantitative estimate of drug-likeness (QED) is 0.564. The molecule has 0 bridgehead atoms. The zero-order valence-corrected chi connectivity index (χ0v) is 18.0. The van der Waals surface area contributed by atoms with Crippen molar-refractivity contribution in [3.05, 3.63) is 46.3 Å². The number of amides is 2. The molecule has 4 heterocycles. The van der Waals surface area contributed by atoms with Crippen molar-refractivity contribution >= 4 is 34.1 Å². The lowest BCUT2D eigenvalue weighted by atomic mass is 9.91. The van der Waals surface area contributed by atoms with Crippen LogP contribution >= 0.6 is 11.3 Å². The third kappa shape index (κ3) is 4.87. The summed E-state index contributed by atoms with van der Waals surface area (Å²) in [6.07, 6.45) is 8.74. The summed E-state index contributed by atoms with van der Waals surface area (Å²) in [7, 11) is 0. The third-order valence-corrected chi connectivity index (χ3v) is 6.50. The number of pyridine rings is 1. The van der Waals surface area contributed by atoms with Gasteiger partial charge in [0.1, 0.15) is 11.4 Å². The van der Waals surface area contributed by atoms with E-state index in [1.807, 2.05) is 29.3 Å². The number of carbonyl (C=O) groups is 2. The molecule has 1 saturated heterocycles. The number of rotatable bonds is 7. The SMILES string of the molecule is Cc1nc(C(=O)N2CCC(CCCCNC(=O)c3cc4cnccc4[nH]3)CC2)cs1. The van der Waals surface area contributed by atoms with Crippen molar-refractivity contribution in [1.82, 2.24) is 25.2 Å². The van der Waals surface area contributed by atoms with Gasteiger partial charge in [0.2, 0.25) is 0 Å². The fourth-order valence-electron chi connectivity index (χ4n) is 4.00. The highest BCUT2D eigenvalue weighted by atomic mass is 32.1. The van der Waals surface area contributed by atoms with Crippen molar-refractivity contribution in [3.63, 3.8) is 0 Å². The molecule has 1 fully saturated rings. The number of aromatic nitrogens is 3. The molecule has 0 aliphatic carbocycles. The lowest BCUT2D eigenvalue weighted by Crippen LogP contribution is -2.38. The Morgan fingerprint density at radius 1 is 1.30 bits per heavy atom. The lowest BCUT2D eigenvalue weighted by molar-refractivity contribution is 0.0680. The molecular formula is C22H27N5O2S. The fraction of sp³-hybridized carbons (Fsp3) is 0.455. The summed E-state index contributed by atoms with van der Waals surface area (Å²) >= 11 is 1.52. The molecule has 2 amide bonds. The van der Waals surface area contributed by atoms with E-state index < -0.39 is 0 Å². The molecule has 0 saturated carbocycles. The van der Waals surface area contributed by atoms with Gasteiger partial charge >= 0.3 is 0 Å². The number of aryl methyl sites for hydroxylation is 1. The van der Waals surface area contributed by atoms with Gasteiger partial charge in [0, 0.05) is 48.3 Å². The van der Waals surface area contributed by atoms with E-state index in [0.717, 1.165) is 61.1 Å². The maximum atomic E-state index is 12.5. The minimum Gasteiger partial charge on any atom is -0.351 e. The first-order valence-corrected chi connectivity index (χ1v) is 11.4. The summed E-state index contributed by atoms with van der Waals surface area (Å²) in [6, 6.07) is 3.70. The van der Waals surface area contributed by atoms with Crippen LogP contribution < -0.4 is 5.32 Å². The van der Waals surface area contributed by atoms with E-state index in [-0.39, 0.29) is 11.8 Å². The zero-order chi connectivity index (χ0) is 20.9. The number of hydrogen-bond acceptors (Lipinski definition) is 5. The second-order valence-electron chi connectivity index (χ2n) is 7.88. The van der Waals surface area contributed by atoms with E-state index in [9.17, 15) is 9.59 Å². The molecule has 1 aliphatic heterocycles. The molecule has 158 valence electrons. The molecule has 0 spiro atoms. The first kappa shape index (κ1) is 20.5. The van der Waals surface area contributed by atoms with Crippen LogP contribution in [0.3, 0.4) is 0 Å². The van der Waals surface area contributed by atoms with Crippen LogP contribution in [0, 0.1) is 12.8 Å². The van der Waals surface area contributed by atoms with Crippen LogP contribution in [-0.4, -0.2) is 51.3 Å². The second kappa shape index (κ2) is 9.38. The van der Waals surface area contributed by atoms with Crippen molar-refractivity contribution in [3.8, 4) is 0 Å². The van der Waals surface area contributed by atoms with Gasteiger partial charge in [-0.05, 0) is 44.2 Å². The Labute approximate surface area is 179 Å². The number of hydrogen-bond donors (Lipinski definition) is 2. The lowest BCUT2D eigenvalue weighted by Gasteiger charge is -2.31. The van der Waals surface area contributed by atoms with E-state index >= 15 is 0 Å². The molecule has 2 N–H and O–H groups in total. The molecule has 0 atom stereocenters.